The van der Waals surface area contributed by atoms with Crippen LogP contribution in [-0.4, -0.2) is 24.4 Å². The largest absolute Gasteiger partial charge is 0.462 e. The highest BCUT2D eigenvalue weighted by Crippen LogP contribution is 2.25. The van der Waals surface area contributed by atoms with Crippen molar-refractivity contribution in [1.29, 1.82) is 0 Å². The van der Waals surface area contributed by atoms with Crippen molar-refractivity contribution in [3.8, 4) is 0 Å². The van der Waals surface area contributed by atoms with Crippen LogP contribution in [0.2, 0.25) is 0 Å². The fraction of sp³-hybridized carbons (Fsp3) is 0.125. The summed E-state index contributed by atoms with van der Waals surface area (Å²) in [6.45, 7) is 2.33. The van der Waals surface area contributed by atoms with Gasteiger partial charge >= 0.3 is 11.9 Å². The summed E-state index contributed by atoms with van der Waals surface area (Å²) >= 11 is 0. The summed E-state index contributed by atoms with van der Waals surface area (Å²) in [7, 11) is 0. The molecule has 3 aromatic rings. The third-order valence-electron chi connectivity index (χ3n) is 4.53. The minimum absolute atomic E-state index is 0.217. The summed E-state index contributed by atoms with van der Waals surface area (Å²) in [5.41, 5.74) is 2.20. The number of cyclic esters (lactones) is 1. The SMILES string of the molecule is CCCOC(=O)c1ccc(/C=C2\N=C(c3cccc4ccccc34)OC2=O)cc1. The first-order chi connectivity index (χ1) is 14.2. The van der Waals surface area contributed by atoms with E-state index in [1.54, 1.807) is 30.3 Å². The molecule has 3 aromatic carbocycles. The van der Waals surface area contributed by atoms with Crippen LogP contribution >= 0.6 is 0 Å². The molecule has 0 N–H and O–H groups in total. The quantitative estimate of drug-likeness (QED) is 0.470. The zero-order valence-electron chi connectivity index (χ0n) is 15.9. The van der Waals surface area contributed by atoms with E-state index in [0.29, 0.717) is 12.2 Å². The highest BCUT2D eigenvalue weighted by Gasteiger charge is 2.25. The van der Waals surface area contributed by atoms with E-state index in [4.69, 9.17) is 9.47 Å². The van der Waals surface area contributed by atoms with Crippen molar-refractivity contribution in [3.63, 3.8) is 0 Å². The average molecular weight is 385 g/mol. The molecule has 0 atom stereocenters. The first-order valence-corrected chi connectivity index (χ1v) is 9.43. The van der Waals surface area contributed by atoms with Crippen LogP contribution in [-0.2, 0) is 14.3 Å². The Labute approximate surface area is 168 Å². The summed E-state index contributed by atoms with van der Waals surface area (Å²) in [6, 6.07) is 20.5. The molecule has 0 fully saturated rings. The van der Waals surface area contributed by atoms with Gasteiger partial charge in [-0.25, -0.2) is 14.6 Å². The smallest absolute Gasteiger partial charge is 0.363 e. The van der Waals surface area contributed by atoms with Gasteiger partial charge in [0.1, 0.15) is 0 Å². The molecule has 1 aliphatic rings. The van der Waals surface area contributed by atoms with Gasteiger partial charge in [0.25, 0.3) is 0 Å². The number of hydrogen-bond acceptors (Lipinski definition) is 5. The lowest BCUT2D eigenvalue weighted by molar-refractivity contribution is -0.129. The molecular formula is C24H19NO4. The van der Waals surface area contributed by atoms with Crippen LogP contribution < -0.4 is 0 Å². The Morgan fingerprint density at radius 3 is 2.59 bits per heavy atom. The molecular weight excluding hydrogens is 366 g/mol. The van der Waals surface area contributed by atoms with Gasteiger partial charge in [-0.05, 0) is 47.0 Å². The Kier molecular flexibility index (Phi) is 5.20. The standard InChI is InChI=1S/C24H19NO4/c1-2-14-28-23(26)18-12-10-16(11-13-18)15-21-24(27)29-22(25-21)20-9-5-7-17-6-3-4-8-19(17)20/h3-13,15H,2,14H2,1H3/b21-15-. The van der Waals surface area contributed by atoms with E-state index in [9.17, 15) is 9.59 Å². The van der Waals surface area contributed by atoms with Gasteiger partial charge < -0.3 is 9.47 Å². The number of benzene rings is 3. The first-order valence-electron chi connectivity index (χ1n) is 9.43. The Hall–Kier alpha value is -3.73. The van der Waals surface area contributed by atoms with Crippen LogP contribution in [0.3, 0.4) is 0 Å². The van der Waals surface area contributed by atoms with E-state index in [1.807, 2.05) is 49.4 Å². The van der Waals surface area contributed by atoms with Crippen molar-refractivity contribution in [1.82, 2.24) is 0 Å². The van der Waals surface area contributed by atoms with Gasteiger partial charge in [0.2, 0.25) is 5.90 Å². The number of carbonyl (C=O) groups is 2. The van der Waals surface area contributed by atoms with Crippen molar-refractivity contribution >= 4 is 34.7 Å². The molecule has 0 saturated heterocycles. The van der Waals surface area contributed by atoms with Crippen LogP contribution in [0.1, 0.15) is 34.8 Å². The first kappa shape index (κ1) is 18.6. The van der Waals surface area contributed by atoms with E-state index < -0.39 is 5.97 Å². The summed E-state index contributed by atoms with van der Waals surface area (Å²) in [4.78, 5) is 28.6. The van der Waals surface area contributed by atoms with Crippen molar-refractivity contribution in [2.75, 3.05) is 6.61 Å². The van der Waals surface area contributed by atoms with Crippen LogP contribution in [0.4, 0.5) is 0 Å². The second-order valence-corrected chi connectivity index (χ2v) is 6.62. The number of nitrogens with zero attached hydrogens (tertiary/aromatic N) is 1. The molecule has 0 amide bonds. The summed E-state index contributed by atoms with van der Waals surface area (Å²) in [5, 5.41) is 2.02. The topological polar surface area (TPSA) is 65.0 Å². The third-order valence-corrected chi connectivity index (χ3v) is 4.53. The third kappa shape index (κ3) is 3.94. The zero-order valence-corrected chi connectivity index (χ0v) is 15.9. The Balaban J connectivity index is 1.60. The molecule has 29 heavy (non-hydrogen) atoms. The van der Waals surface area contributed by atoms with Crippen molar-refractivity contribution in [3.05, 3.63) is 89.1 Å². The summed E-state index contributed by atoms with van der Waals surface area (Å²) < 4.78 is 10.5. The number of fused-ring (bicyclic) bond motifs is 1. The van der Waals surface area contributed by atoms with Crippen molar-refractivity contribution in [2.24, 2.45) is 4.99 Å². The maximum Gasteiger partial charge on any atom is 0.363 e. The maximum atomic E-state index is 12.3. The Morgan fingerprint density at radius 2 is 1.79 bits per heavy atom. The lowest BCUT2D eigenvalue weighted by Crippen LogP contribution is -2.06. The summed E-state index contributed by atoms with van der Waals surface area (Å²) in [6.07, 6.45) is 2.41. The van der Waals surface area contributed by atoms with E-state index >= 15 is 0 Å². The molecule has 1 heterocycles. The lowest BCUT2D eigenvalue weighted by atomic mass is 10.0. The number of ether oxygens (including phenoxy) is 2. The zero-order chi connectivity index (χ0) is 20.2. The molecule has 1 aliphatic heterocycles. The monoisotopic (exact) mass is 385 g/mol. The number of aliphatic imine (C=N–C) groups is 1. The van der Waals surface area contributed by atoms with Crippen LogP contribution in [0.15, 0.2) is 77.4 Å². The minimum Gasteiger partial charge on any atom is -0.462 e. The van der Waals surface area contributed by atoms with Crippen LogP contribution in [0.25, 0.3) is 16.8 Å². The molecule has 0 spiro atoms. The number of esters is 2. The van der Waals surface area contributed by atoms with E-state index in [1.165, 1.54) is 0 Å². The van der Waals surface area contributed by atoms with Crippen molar-refractivity contribution < 1.29 is 19.1 Å². The van der Waals surface area contributed by atoms with E-state index in [0.717, 1.165) is 28.3 Å². The highest BCUT2D eigenvalue weighted by atomic mass is 16.6. The lowest BCUT2D eigenvalue weighted by Gasteiger charge is -2.04. The molecule has 0 saturated carbocycles. The van der Waals surface area contributed by atoms with E-state index in [2.05, 4.69) is 4.99 Å². The van der Waals surface area contributed by atoms with Crippen LogP contribution in [0, 0.1) is 0 Å². The van der Waals surface area contributed by atoms with Gasteiger partial charge in [-0.1, -0.05) is 55.5 Å². The predicted octanol–water partition coefficient (Wildman–Crippen LogP) is 4.75. The predicted molar refractivity (Wildman–Crippen MR) is 112 cm³/mol. The molecule has 0 aromatic heterocycles. The fourth-order valence-corrected chi connectivity index (χ4v) is 3.09. The Morgan fingerprint density at radius 1 is 1.03 bits per heavy atom. The minimum atomic E-state index is -0.501. The summed E-state index contributed by atoms with van der Waals surface area (Å²) in [5.74, 6) is -0.570. The van der Waals surface area contributed by atoms with Gasteiger partial charge in [-0.2, -0.15) is 0 Å². The second kappa shape index (κ2) is 8.10. The Bertz CT molecular complexity index is 1140. The molecule has 0 radical (unpaired) electrons. The maximum absolute atomic E-state index is 12.3. The highest BCUT2D eigenvalue weighted by molar-refractivity contribution is 6.17. The molecule has 5 nitrogen and oxygen atoms in total. The molecule has 0 aliphatic carbocycles. The second-order valence-electron chi connectivity index (χ2n) is 6.62. The number of carbonyl (C=O) groups excluding carboxylic acids is 2. The molecule has 0 unspecified atom stereocenters. The fourth-order valence-electron chi connectivity index (χ4n) is 3.09. The molecule has 5 heteroatoms. The van der Waals surface area contributed by atoms with Gasteiger partial charge in [-0.3, -0.25) is 0 Å². The molecule has 144 valence electrons. The van der Waals surface area contributed by atoms with Gasteiger partial charge in [0.15, 0.2) is 5.70 Å². The van der Waals surface area contributed by atoms with Gasteiger partial charge in [0, 0.05) is 5.56 Å². The number of hydrogen-bond donors (Lipinski definition) is 0. The average Bonchev–Trinajstić information content (AvgIpc) is 3.12. The van der Waals surface area contributed by atoms with Crippen molar-refractivity contribution in [2.45, 2.75) is 13.3 Å². The number of rotatable bonds is 5. The van der Waals surface area contributed by atoms with Crippen LogP contribution in [0.5, 0.6) is 0 Å². The van der Waals surface area contributed by atoms with E-state index in [-0.39, 0.29) is 17.6 Å². The van der Waals surface area contributed by atoms with Gasteiger partial charge in [-0.15, -0.1) is 0 Å². The normalized spacial score (nSPS) is 14.7. The van der Waals surface area contributed by atoms with Gasteiger partial charge in [0.05, 0.1) is 12.2 Å². The molecule has 4 rings (SSSR count). The molecule has 0 bridgehead atoms.